The summed E-state index contributed by atoms with van der Waals surface area (Å²) in [5.41, 5.74) is 0.773. The minimum Gasteiger partial charge on any atom is -0.338 e. The first-order chi connectivity index (χ1) is 12.1. The summed E-state index contributed by atoms with van der Waals surface area (Å²) >= 11 is 0. The van der Waals surface area contributed by atoms with Gasteiger partial charge in [-0.2, -0.15) is 4.98 Å². The Balaban J connectivity index is 1.36. The summed E-state index contributed by atoms with van der Waals surface area (Å²) in [6, 6.07) is 7.28. The quantitative estimate of drug-likeness (QED) is 0.830. The molecule has 6 heteroatoms. The fraction of sp³-hybridized carbons (Fsp3) is 0.579. The summed E-state index contributed by atoms with van der Waals surface area (Å²) in [4.78, 5) is 9.29. The molecule has 1 aromatic carbocycles. The number of piperazine rings is 1. The average molecular weight is 344 g/mol. The molecule has 1 saturated heterocycles. The third-order valence-corrected chi connectivity index (χ3v) is 5.56. The predicted molar refractivity (Wildman–Crippen MR) is 92.6 cm³/mol. The van der Waals surface area contributed by atoms with E-state index in [4.69, 9.17) is 4.52 Å². The third kappa shape index (κ3) is 3.46. The van der Waals surface area contributed by atoms with Crippen LogP contribution in [0, 0.1) is 5.82 Å². The summed E-state index contributed by atoms with van der Waals surface area (Å²) in [5, 5.41) is 4.12. The molecular formula is C19H25FN4O. The fourth-order valence-corrected chi connectivity index (χ4v) is 3.60. The Hall–Kier alpha value is -1.79. The Morgan fingerprint density at radius 1 is 1.04 bits per heavy atom. The zero-order chi connectivity index (χ0) is 17.4. The van der Waals surface area contributed by atoms with Crippen molar-refractivity contribution in [2.24, 2.45) is 0 Å². The van der Waals surface area contributed by atoms with Gasteiger partial charge >= 0.3 is 0 Å². The van der Waals surface area contributed by atoms with Gasteiger partial charge in [0, 0.05) is 43.7 Å². The van der Waals surface area contributed by atoms with E-state index in [1.165, 1.54) is 18.9 Å². The molecule has 0 N–H and O–H groups in total. The zero-order valence-corrected chi connectivity index (χ0v) is 14.9. The Kier molecular flexibility index (Phi) is 4.56. The first-order valence-corrected chi connectivity index (χ1v) is 9.19. The van der Waals surface area contributed by atoms with Crippen molar-refractivity contribution in [2.45, 2.75) is 44.7 Å². The molecule has 1 aliphatic heterocycles. The number of nitrogens with zero attached hydrogens (tertiary/aromatic N) is 4. The second kappa shape index (κ2) is 6.84. The van der Waals surface area contributed by atoms with Crippen LogP contribution in [0.25, 0.3) is 0 Å². The summed E-state index contributed by atoms with van der Waals surface area (Å²) < 4.78 is 19.5. The van der Waals surface area contributed by atoms with Crippen molar-refractivity contribution < 1.29 is 8.91 Å². The second-order valence-electron chi connectivity index (χ2n) is 7.21. The molecule has 1 aromatic heterocycles. The molecule has 2 aromatic rings. The van der Waals surface area contributed by atoms with E-state index in [2.05, 4.69) is 33.8 Å². The van der Waals surface area contributed by atoms with Crippen LogP contribution in [0.3, 0.4) is 0 Å². The monoisotopic (exact) mass is 344 g/mol. The first-order valence-electron chi connectivity index (χ1n) is 9.19. The highest BCUT2D eigenvalue weighted by Crippen LogP contribution is 2.38. The highest BCUT2D eigenvalue weighted by atomic mass is 19.1. The van der Waals surface area contributed by atoms with Crippen LogP contribution in [-0.4, -0.2) is 46.1 Å². The Morgan fingerprint density at radius 3 is 2.32 bits per heavy atom. The van der Waals surface area contributed by atoms with Gasteiger partial charge in [-0.25, -0.2) is 4.39 Å². The van der Waals surface area contributed by atoms with E-state index in [-0.39, 0.29) is 17.9 Å². The predicted octanol–water partition coefficient (Wildman–Crippen LogP) is 3.53. The average Bonchev–Trinajstić information content (AvgIpc) is 3.38. The Bertz CT molecular complexity index is 722. The maximum Gasteiger partial charge on any atom is 0.243 e. The Labute approximate surface area is 147 Å². The zero-order valence-electron chi connectivity index (χ0n) is 14.9. The van der Waals surface area contributed by atoms with Gasteiger partial charge < -0.3 is 4.52 Å². The molecule has 134 valence electrons. The van der Waals surface area contributed by atoms with Crippen molar-refractivity contribution in [2.75, 3.05) is 26.2 Å². The highest BCUT2D eigenvalue weighted by Gasteiger charge is 2.32. The van der Waals surface area contributed by atoms with Crippen molar-refractivity contribution in [3.8, 4) is 0 Å². The van der Waals surface area contributed by atoms with Crippen molar-refractivity contribution in [1.29, 1.82) is 0 Å². The number of hydrogen-bond donors (Lipinski definition) is 0. The summed E-state index contributed by atoms with van der Waals surface area (Å²) in [6.07, 6.45) is 2.36. The summed E-state index contributed by atoms with van der Waals surface area (Å²) in [7, 11) is 0. The first kappa shape index (κ1) is 16.7. The number of benzene rings is 1. The second-order valence-corrected chi connectivity index (χ2v) is 7.21. The summed E-state index contributed by atoms with van der Waals surface area (Å²) in [5.74, 6) is 1.98. The van der Waals surface area contributed by atoms with Gasteiger partial charge in [-0.15, -0.1) is 0 Å². The standard InChI is InChI=1S/C19H25FN4O/c1-13(16-5-3-4-6-17(16)20)23-9-11-24(12-10-23)14(2)19-21-18(22-25-19)15-7-8-15/h3-6,13-15H,7-12H2,1-2H3/t13-,14+/m0/s1. The molecule has 2 aliphatic rings. The number of hydrogen-bond acceptors (Lipinski definition) is 5. The lowest BCUT2D eigenvalue weighted by Crippen LogP contribution is -2.47. The van der Waals surface area contributed by atoms with Crippen LogP contribution in [0.2, 0.25) is 0 Å². The molecular weight excluding hydrogens is 319 g/mol. The smallest absolute Gasteiger partial charge is 0.243 e. The number of aromatic nitrogens is 2. The topological polar surface area (TPSA) is 45.4 Å². The molecule has 0 bridgehead atoms. The Morgan fingerprint density at radius 2 is 1.68 bits per heavy atom. The van der Waals surface area contributed by atoms with E-state index in [9.17, 15) is 4.39 Å². The van der Waals surface area contributed by atoms with Gasteiger partial charge in [-0.3, -0.25) is 9.80 Å². The van der Waals surface area contributed by atoms with Gasteiger partial charge in [0.2, 0.25) is 5.89 Å². The van der Waals surface area contributed by atoms with Gasteiger partial charge in [0.05, 0.1) is 6.04 Å². The van der Waals surface area contributed by atoms with Crippen LogP contribution in [-0.2, 0) is 0 Å². The van der Waals surface area contributed by atoms with Crippen LogP contribution in [0.15, 0.2) is 28.8 Å². The van der Waals surface area contributed by atoms with Crippen LogP contribution in [0.4, 0.5) is 4.39 Å². The fourth-order valence-electron chi connectivity index (χ4n) is 3.60. The van der Waals surface area contributed by atoms with Crippen molar-refractivity contribution in [3.63, 3.8) is 0 Å². The lowest BCUT2D eigenvalue weighted by molar-refractivity contribution is 0.0669. The number of halogens is 1. The van der Waals surface area contributed by atoms with E-state index in [0.717, 1.165) is 43.5 Å². The van der Waals surface area contributed by atoms with E-state index in [0.29, 0.717) is 5.92 Å². The van der Waals surface area contributed by atoms with E-state index in [1.807, 2.05) is 12.1 Å². The van der Waals surface area contributed by atoms with Gasteiger partial charge in [-0.05, 0) is 32.8 Å². The maximum absolute atomic E-state index is 14.0. The van der Waals surface area contributed by atoms with Crippen LogP contribution >= 0.6 is 0 Å². The van der Waals surface area contributed by atoms with E-state index in [1.54, 1.807) is 6.07 Å². The van der Waals surface area contributed by atoms with Crippen LogP contribution in [0.5, 0.6) is 0 Å². The molecule has 1 saturated carbocycles. The molecule has 4 rings (SSSR count). The molecule has 0 spiro atoms. The number of rotatable bonds is 5. The molecule has 5 nitrogen and oxygen atoms in total. The van der Waals surface area contributed by atoms with Gasteiger partial charge in [-0.1, -0.05) is 23.4 Å². The largest absolute Gasteiger partial charge is 0.338 e. The lowest BCUT2D eigenvalue weighted by Gasteiger charge is -2.39. The van der Waals surface area contributed by atoms with Crippen molar-refractivity contribution in [3.05, 3.63) is 47.4 Å². The highest BCUT2D eigenvalue weighted by molar-refractivity contribution is 5.20. The van der Waals surface area contributed by atoms with Crippen LogP contribution in [0.1, 0.15) is 62.0 Å². The lowest BCUT2D eigenvalue weighted by atomic mass is 10.1. The minimum atomic E-state index is -0.121. The molecule has 2 atom stereocenters. The van der Waals surface area contributed by atoms with Gasteiger partial charge in [0.1, 0.15) is 5.82 Å². The molecule has 0 radical (unpaired) electrons. The maximum atomic E-state index is 14.0. The molecule has 2 heterocycles. The van der Waals surface area contributed by atoms with Crippen molar-refractivity contribution >= 4 is 0 Å². The summed E-state index contributed by atoms with van der Waals surface area (Å²) in [6.45, 7) is 7.85. The van der Waals surface area contributed by atoms with Gasteiger partial charge in [0.15, 0.2) is 5.82 Å². The van der Waals surface area contributed by atoms with E-state index >= 15 is 0 Å². The third-order valence-electron chi connectivity index (χ3n) is 5.56. The van der Waals surface area contributed by atoms with Crippen molar-refractivity contribution in [1.82, 2.24) is 19.9 Å². The minimum absolute atomic E-state index is 0.0866. The van der Waals surface area contributed by atoms with E-state index < -0.39 is 0 Å². The van der Waals surface area contributed by atoms with Gasteiger partial charge in [0.25, 0.3) is 0 Å². The molecule has 2 fully saturated rings. The SMILES string of the molecule is C[C@H](c1nc(C2CC2)no1)N1CCN([C@@H](C)c2ccccc2F)CC1. The van der Waals surface area contributed by atoms with Crippen LogP contribution < -0.4 is 0 Å². The molecule has 0 unspecified atom stereocenters. The molecule has 25 heavy (non-hydrogen) atoms. The normalized spacial score (nSPS) is 22.0. The molecule has 0 amide bonds. The molecule has 1 aliphatic carbocycles.